The zero-order valence-corrected chi connectivity index (χ0v) is 15.2. The van der Waals surface area contributed by atoms with Gasteiger partial charge in [-0.3, -0.25) is 14.4 Å². The van der Waals surface area contributed by atoms with E-state index < -0.39 is 24.5 Å². The molecule has 0 bridgehead atoms. The number of benzene rings is 2. The fourth-order valence-electron chi connectivity index (χ4n) is 2.35. The highest BCUT2D eigenvalue weighted by molar-refractivity contribution is 6.30. The van der Waals surface area contributed by atoms with Gasteiger partial charge in [0.2, 0.25) is 0 Å². The second-order valence-electron chi connectivity index (χ2n) is 5.88. The van der Waals surface area contributed by atoms with Gasteiger partial charge in [-0.2, -0.15) is 0 Å². The third kappa shape index (κ3) is 6.69. The smallest absolute Gasteiger partial charge is 0.310 e. The van der Waals surface area contributed by atoms with Crippen LogP contribution in [-0.2, 0) is 32.0 Å². The third-order valence-corrected chi connectivity index (χ3v) is 3.99. The number of esters is 1. The quantitative estimate of drug-likeness (QED) is 0.722. The highest BCUT2D eigenvalue weighted by Gasteiger charge is 2.18. The number of amides is 1. The van der Waals surface area contributed by atoms with Gasteiger partial charge in [0.1, 0.15) is 0 Å². The predicted octanol–water partition coefficient (Wildman–Crippen LogP) is 2.74. The number of hydrogen-bond acceptors (Lipinski definition) is 4. The van der Waals surface area contributed by atoms with E-state index in [0.717, 1.165) is 11.1 Å². The maximum absolute atomic E-state index is 12.0. The largest absolute Gasteiger partial charge is 0.455 e. The number of nitrogens with one attached hydrogen (secondary N) is 1. The highest BCUT2D eigenvalue weighted by atomic mass is 35.5. The average Bonchev–Trinajstić information content (AvgIpc) is 2.62. The Morgan fingerprint density at radius 3 is 2.27 bits per heavy atom. The molecule has 0 saturated heterocycles. The van der Waals surface area contributed by atoms with E-state index in [9.17, 15) is 14.4 Å². The fourth-order valence-corrected chi connectivity index (χ4v) is 2.47. The van der Waals surface area contributed by atoms with Gasteiger partial charge in [-0.15, -0.1) is 0 Å². The third-order valence-electron chi connectivity index (χ3n) is 3.73. The Hall–Kier alpha value is -2.66. The number of Topliss-reactive ketones (excluding diaryl/α,β-unsaturated/α-hetero) is 1. The van der Waals surface area contributed by atoms with Crippen LogP contribution in [-0.4, -0.2) is 30.3 Å². The van der Waals surface area contributed by atoms with Gasteiger partial charge in [-0.05, 0) is 36.6 Å². The Kier molecular flexibility index (Phi) is 7.36. The molecule has 0 aromatic heterocycles. The monoisotopic (exact) mass is 373 g/mol. The van der Waals surface area contributed by atoms with E-state index in [0.29, 0.717) is 11.4 Å². The summed E-state index contributed by atoms with van der Waals surface area (Å²) >= 11 is 5.79. The lowest BCUT2D eigenvalue weighted by molar-refractivity contribution is -0.148. The molecule has 5 nitrogen and oxygen atoms in total. The second-order valence-corrected chi connectivity index (χ2v) is 6.32. The highest BCUT2D eigenvalue weighted by Crippen LogP contribution is 2.10. The minimum absolute atomic E-state index is 0.0462. The number of ether oxygens (including phenoxy) is 1. The van der Waals surface area contributed by atoms with Crippen LogP contribution in [0.3, 0.4) is 0 Å². The van der Waals surface area contributed by atoms with Crippen LogP contribution in [0.1, 0.15) is 18.1 Å². The van der Waals surface area contributed by atoms with Crippen LogP contribution in [0.25, 0.3) is 0 Å². The zero-order valence-electron chi connectivity index (χ0n) is 14.4. The summed E-state index contributed by atoms with van der Waals surface area (Å²) in [6, 6.07) is 15.5. The molecule has 1 atom stereocenters. The van der Waals surface area contributed by atoms with Crippen LogP contribution < -0.4 is 5.32 Å². The molecular formula is C20H20ClNO4. The number of halogens is 1. The van der Waals surface area contributed by atoms with Gasteiger partial charge in [0.05, 0.1) is 12.5 Å². The van der Waals surface area contributed by atoms with E-state index in [4.69, 9.17) is 16.3 Å². The van der Waals surface area contributed by atoms with Crippen molar-refractivity contribution in [2.45, 2.75) is 25.8 Å². The van der Waals surface area contributed by atoms with Crippen molar-refractivity contribution in [1.29, 1.82) is 0 Å². The van der Waals surface area contributed by atoms with Crippen molar-refractivity contribution in [1.82, 2.24) is 5.32 Å². The van der Waals surface area contributed by atoms with Gasteiger partial charge < -0.3 is 10.1 Å². The summed E-state index contributed by atoms with van der Waals surface area (Å²) in [4.78, 5) is 35.6. The van der Waals surface area contributed by atoms with Crippen molar-refractivity contribution >= 4 is 29.3 Å². The summed E-state index contributed by atoms with van der Waals surface area (Å²) in [5, 5.41) is 3.19. The van der Waals surface area contributed by atoms with Crippen molar-refractivity contribution in [2.24, 2.45) is 0 Å². The number of ketones is 1. The molecule has 0 fully saturated rings. The van der Waals surface area contributed by atoms with Crippen LogP contribution in [0.15, 0.2) is 54.6 Å². The van der Waals surface area contributed by atoms with Crippen molar-refractivity contribution in [3.8, 4) is 0 Å². The van der Waals surface area contributed by atoms with Crippen molar-refractivity contribution in [3.63, 3.8) is 0 Å². The molecule has 6 heteroatoms. The normalized spacial score (nSPS) is 11.5. The molecular weight excluding hydrogens is 354 g/mol. The van der Waals surface area contributed by atoms with Crippen LogP contribution in [0, 0.1) is 0 Å². The van der Waals surface area contributed by atoms with E-state index in [2.05, 4.69) is 5.32 Å². The Labute approximate surface area is 157 Å². The summed E-state index contributed by atoms with van der Waals surface area (Å²) < 4.78 is 4.97. The lowest BCUT2D eigenvalue weighted by Gasteiger charge is -2.16. The van der Waals surface area contributed by atoms with Crippen LogP contribution in [0.2, 0.25) is 5.02 Å². The summed E-state index contributed by atoms with van der Waals surface area (Å²) in [6.07, 6.45) is 0.436. The first-order valence-corrected chi connectivity index (χ1v) is 8.55. The fraction of sp³-hybridized carbons (Fsp3) is 0.250. The maximum Gasteiger partial charge on any atom is 0.310 e. The number of hydrogen-bond donors (Lipinski definition) is 1. The Morgan fingerprint density at radius 2 is 1.65 bits per heavy atom. The van der Waals surface area contributed by atoms with Crippen molar-refractivity contribution in [2.75, 3.05) is 6.61 Å². The molecule has 2 rings (SSSR count). The molecule has 136 valence electrons. The second kappa shape index (κ2) is 9.73. The Bertz CT molecular complexity index is 759. The molecule has 0 aliphatic heterocycles. The maximum atomic E-state index is 12.0. The lowest BCUT2D eigenvalue weighted by Crippen LogP contribution is -2.43. The Morgan fingerprint density at radius 1 is 1.00 bits per heavy atom. The zero-order chi connectivity index (χ0) is 18.9. The molecule has 0 spiro atoms. The standard InChI is InChI=1S/C20H20ClNO4/c1-14(23)18(11-15-5-3-2-4-6-15)22-19(24)13-26-20(25)12-16-7-9-17(21)10-8-16/h2-10,18H,11-13H2,1H3,(H,22,24)/t18-/m0/s1. The predicted molar refractivity (Wildman–Crippen MR) is 98.9 cm³/mol. The average molecular weight is 374 g/mol. The van der Waals surface area contributed by atoms with Gasteiger partial charge in [0, 0.05) is 5.02 Å². The minimum Gasteiger partial charge on any atom is -0.455 e. The van der Waals surface area contributed by atoms with Gasteiger partial charge in [-0.1, -0.05) is 54.1 Å². The summed E-state index contributed by atoms with van der Waals surface area (Å²) in [6.45, 7) is 0.991. The summed E-state index contributed by atoms with van der Waals surface area (Å²) in [5.74, 6) is -1.19. The molecule has 0 aliphatic carbocycles. The topological polar surface area (TPSA) is 72.5 Å². The molecule has 1 amide bonds. The van der Waals surface area contributed by atoms with E-state index in [1.165, 1.54) is 6.92 Å². The van der Waals surface area contributed by atoms with Crippen molar-refractivity contribution in [3.05, 3.63) is 70.7 Å². The van der Waals surface area contributed by atoms with Gasteiger partial charge in [0.25, 0.3) is 5.91 Å². The number of carbonyl (C=O) groups is 3. The van der Waals surface area contributed by atoms with Gasteiger partial charge >= 0.3 is 5.97 Å². The molecule has 2 aromatic carbocycles. The molecule has 0 heterocycles. The van der Waals surface area contributed by atoms with Crippen LogP contribution >= 0.6 is 11.6 Å². The molecule has 1 N–H and O–H groups in total. The minimum atomic E-state index is -0.653. The molecule has 0 unspecified atom stereocenters. The molecule has 0 saturated carbocycles. The number of carbonyl (C=O) groups excluding carboxylic acids is 3. The van der Waals surface area contributed by atoms with Crippen LogP contribution in [0.4, 0.5) is 0 Å². The van der Waals surface area contributed by atoms with E-state index >= 15 is 0 Å². The van der Waals surface area contributed by atoms with Crippen LogP contribution in [0.5, 0.6) is 0 Å². The molecule has 0 radical (unpaired) electrons. The molecule has 2 aromatic rings. The summed E-state index contributed by atoms with van der Waals surface area (Å²) in [5.41, 5.74) is 1.68. The summed E-state index contributed by atoms with van der Waals surface area (Å²) in [7, 11) is 0. The lowest BCUT2D eigenvalue weighted by atomic mass is 10.0. The molecule has 26 heavy (non-hydrogen) atoms. The first-order valence-electron chi connectivity index (χ1n) is 8.18. The van der Waals surface area contributed by atoms with Gasteiger partial charge in [-0.25, -0.2) is 0 Å². The van der Waals surface area contributed by atoms with Gasteiger partial charge in [0.15, 0.2) is 12.4 Å². The Balaban J connectivity index is 1.81. The first kappa shape index (κ1) is 19.7. The number of rotatable bonds is 8. The molecule has 0 aliphatic rings. The first-order chi connectivity index (χ1) is 12.4. The van der Waals surface area contributed by atoms with Crippen molar-refractivity contribution < 1.29 is 19.1 Å². The van der Waals surface area contributed by atoms with E-state index in [1.807, 2.05) is 30.3 Å². The SMILES string of the molecule is CC(=O)[C@H](Cc1ccccc1)NC(=O)COC(=O)Cc1ccc(Cl)cc1. The van der Waals surface area contributed by atoms with E-state index in [1.54, 1.807) is 24.3 Å². The van der Waals surface area contributed by atoms with E-state index in [-0.39, 0.29) is 12.2 Å².